The second kappa shape index (κ2) is 7.90. The molecule has 2 aromatic carbocycles. The maximum atomic E-state index is 12.7. The molecular weight excluding hydrogens is 338 g/mol. The lowest BCUT2D eigenvalue weighted by atomic mass is 10.2. The van der Waals surface area contributed by atoms with Crippen LogP contribution in [0.5, 0.6) is 5.75 Å². The number of hydrogen-bond donors (Lipinski definition) is 0. The van der Waals surface area contributed by atoms with Gasteiger partial charge in [0.15, 0.2) is 5.76 Å². The predicted molar refractivity (Wildman–Crippen MR) is 96.7 cm³/mol. The zero-order valence-corrected chi connectivity index (χ0v) is 14.6. The lowest BCUT2D eigenvalue weighted by Gasteiger charge is -2.17. The zero-order chi connectivity index (χ0) is 17.6. The van der Waals surface area contributed by atoms with Crippen LogP contribution < -0.4 is 4.74 Å². The fourth-order valence-corrected chi connectivity index (χ4v) is 2.68. The first-order valence-corrected chi connectivity index (χ1v) is 8.25. The number of rotatable bonds is 6. The number of furan rings is 1. The molecule has 1 amide bonds. The highest BCUT2D eigenvalue weighted by Gasteiger charge is 2.20. The molecular formula is C20H18ClNO3. The van der Waals surface area contributed by atoms with Gasteiger partial charge in [-0.25, -0.2) is 0 Å². The van der Waals surface area contributed by atoms with Gasteiger partial charge in [-0.15, -0.1) is 0 Å². The minimum Gasteiger partial charge on any atom is -0.489 e. The third-order valence-electron chi connectivity index (χ3n) is 3.73. The fraction of sp³-hybridized carbons (Fsp3) is 0.150. The topological polar surface area (TPSA) is 42.7 Å². The summed E-state index contributed by atoms with van der Waals surface area (Å²) >= 11 is 5.99. The molecule has 4 nitrogen and oxygen atoms in total. The Kier molecular flexibility index (Phi) is 5.41. The minimum atomic E-state index is -0.198. The SMILES string of the molecule is CN(Cc1cccc(Cl)c1)C(=O)c1occc1COc1ccccc1. The molecule has 0 radical (unpaired) electrons. The average molecular weight is 356 g/mol. The summed E-state index contributed by atoms with van der Waals surface area (Å²) in [5.74, 6) is 0.839. The van der Waals surface area contributed by atoms with E-state index in [0.29, 0.717) is 22.9 Å². The van der Waals surface area contributed by atoms with Gasteiger partial charge in [-0.2, -0.15) is 0 Å². The van der Waals surface area contributed by atoms with Crippen molar-refractivity contribution >= 4 is 17.5 Å². The zero-order valence-electron chi connectivity index (χ0n) is 13.8. The molecule has 1 heterocycles. The van der Waals surface area contributed by atoms with Crippen LogP contribution in [0.3, 0.4) is 0 Å². The molecule has 0 aliphatic heterocycles. The van der Waals surface area contributed by atoms with E-state index in [0.717, 1.165) is 11.3 Å². The van der Waals surface area contributed by atoms with E-state index in [2.05, 4.69) is 0 Å². The van der Waals surface area contributed by atoms with Gasteiger partial charge in [0, 0.05) is 24.2 Å². The minimum absolute atomic E-state index is 0.198. The Labute approximate surface area is 151 Å². The number of carbonyl (C=O) groups excluding carboxylic acids is 1. The molecule has 128 valence electrons. The molecule has 0 fully saturated rings. The van der Waals surface area contributed by atoms with Crippen LogP contribution in [0.4, 0.5) is 0 Å². The quantitative estimate of drug-likeness (QED) is 0.638. The molecule has 0 atom stereocenters. The maximum Gasteiger partial charge on any atom is 0.290 e. The highest BCUT2D eigenvalue weighted by atomic mass is 35.5. The van der Waals surface area contributed by atoms with Crippen molar-refractivity contribution in [1.29, 1.82) is 0 Å². The number of para-hydroxylation sites is 1. The van der Waals surface area contributed by atoms with Crippen LogP contribution >= 0.6 is 11.6 Å². The first-order chi connectivity index (χ1) is 12.1. The standard InChI is InChI=1S/C20H18ClNO3/c1-22(13-15-6-5-7-17(21)12-15)20(23)19-16(10-11-24-19)14-25-18-8-3-2-4-9-18/h2-12H,13-14H2,1H3. The Bertz CT molecular complexity index is 845. The first-order valence-electron chi connectivity index (χ1n) is 7.87. The van der Waals surface area contributed by atoms with Gasteiger partial charge in [-0.3, -0.25) is 4.79 Å². The van der Waals surface area contributed by atoms with Gasteiger partial charge in [0.2, 0.25) is 0 Å². The van der Waals surface area contributed by atoms with E-state index >= 15 is 0 Å². The van der Waals surface area contributed by atoms with Gasteiger partial charge in [0.25, 0.3) is 5.91 Å². The summed E-state index contributed by atoms with van der Waals surface area (Å²) in [5, 5.41) is 0.647. The summed E-state index contributed by atoms with van der Waals surface area (Å²) in [6, 6.07) is 18.6. The molecule has 0 N–H and O–H groups in total. The van der Waals surface area contributed by atoms with Crippen molar-refractivity contribution in [2.24, 2.45) is 0 Å². The van der Waals surface area contributed by atoms with Crippen molar-refractivity contribution in [2.75, 3.05) is 7.05 Å². The molecule has 1 aromatic heterocycles. The number of hydrogen-bond acceptors (Lipinski definition) is 3. The van der Waals surface area contributed by atoms with Gasteiger partial charge in [0.1, 0.15) is 12.4 Å². The molecule has 3 aromatic rings. The summed E-state index contributed by atoms with van der Waals surface area (Å²) < 4.78 is 11.1. The second-order valence-corrected chi connectivity index (χ2v) is 6.10. The van der Waals surface area contributed by atoms with Crippen molar-refractivity contribution in [3.8, 4) is 5.75 Å². The molecule has 0 aliphatic rings. The Balaban J connectivity index is 1.67. The Morgan fingerprint density at radius 2 is 1.92 bits per heavy atom. The fourth-order valence-electron chi connectivity index (χ4n) is 2.47. The molecule has 0 spiro atoms. The van der Waals surface area contributed by atoms with Crippen molar-refractivity contribution in [1.82, 2.24) is 4.90 Å². The molecule has 5 heteroatoms. The Morgan fingerprint density at radius 1 is 1.12 bits per heavy atom. The second-order valence-electron chi connectivity index (χ2n) is 5.67. The third kappa shape index (κ3) is 4.43. The number of amides is 1. The number of benzene rings is 2. The van der Waals surface area contributed by atoms with Crippen LogP contribution in [0, 0.1) is 0 Å². The molecule has 0 unspecified atom stereocenters. The van der Waals surface area contributed by atoms with Crippen molar-refractivity contribution in [3.63, 3.8) is 0 Å². The summed E-state index contributed by atoms with van der Waals surface area (Å²) in [5.41, 5.74) is 1.67. The summed E-state index contributed by atoms with van der Waals surface area (Å²) in [6.45, 7) is 0.714. The number of nitrogens with zero attached hydrogens (tertiary/aromatic N) is 1. The van der Waals surface area contributed by atoms with Crippen LogP contribution in [0.2, 0.25) is 5.02 Å². The predicted octanol–water partition coefficient (Wildman–Crippen LogP) is 4.78. The highest BCUT2D eigenvalue weighted by Crippen LogP contribution is 2.18. The molecule has 25 heavy (non-hydrogen) atoms. The largest absolute Gasteiger partial charge is 0.489 e. The smallest absolute Gasteiger partial charge is 0.290 e. The first kappa shape index (κ1) is 17.1. The van der Waals surface area contributed by atoms with Crippen molar-refractivity contribution < 1.29 is 13.9 Å². The Hall–Kier alpha value is -2.72. The van der Waals surface area contributed by atoms with Crippen LogP contribution in [0.15, 0.2) is 71.3 Å². The number of ether oxygens (including phenoxy) is 1. The van der Waals surface area contributed by atoms with E-state index in [1.54, 1.807) is 24.1 Å². The molecule has 0 saturated carbocycles. The number of carbonyl (C=O) groups is 1. The van der Waals surface area contributed by atoms with Crippen molar-refractivity contribution in [2.45, 2.75) is 13.2 Å². The molecule has 0 saturated heterocycles. The van der Waals surface area contributed by atoms with Crippen molar-refractivity contribution in [3.05, 3.63) is 88.8 Å². The molecule has 0 bridgehead atoms. The van der Waals surface area contributed by atoms with Gasteiger partial charge < -0.3 is 14.1 Å². The van der Waals surface area contributed by atoms with Crippen LogP contribution in [0.25, 0.3) is 0 Å². The van der Waals surface area contributed by atoms with Gasteiger partial charge in [0.05, 0.1) is 6.26 Å². The average Bonchev–Trinajstić information content (AvgIpc) is 3.08. The molecule has 3 rings (SSSR count). The summed E-state index contributed by atoms with van der Waals surface area (Å²) in [7, 11) is 1.73. The summed E-state index contributed by atoms with van der Waals surface area (Å²) in [6.07, 6.45) is 1.50. The highest BCUT2D eigenvalue weighted by molar-refractivity contribution is 6.30. The lowest BCUT2D eigenvalue weighted by Crippen LogP contribution is -2.26. The van der Waals surface area contributed by atoms with Crippen LogP contribution in [-0.2, 0) is 13.2 Å². The van der Waals surface area contributed by atoms with E-state index in [-0.39, 0.29) is 12.5 Å². The van der Waals surface area contributed by atoms with Crippen LogP contribution in [0.1, 0.15) is 21.7 Å². The summed E-state index contributed by atoms with van der Waals surface area (Å²) in [4.78, 5) is 14.3. The lowest BCUT2D eigenvalue weighted by molar-refractivity contribution is 0.0749. The van der Waals surface area contributed by atoms with E-state index in [1.807, 2.05) is 48.5 Å². The Morgan fingerprint density at radius 3 is 2.68 bits per heavy atom. The molecule has 0 aliphatic carbocycles. The van der Waals surface area contributed by atoms with Gasteiger partial charge >= 0.3 is 0 Å². The third-order valence-corrected chi connectivity index (χ3v) is 3.97. The maximum absolute atomic E-state index is 12.7. The van der Waals surface area contributed by atoms with Crippen LogP contribution in [-0.4, -0.2) is 17.9 Å². The van der Waals surface area contributed by atoms with Gasteiger partial charge in [-0.05, 0) is 35.9 Å². The van der Waals surface area contributed by atoms with E-state index in [1.165, 1.54) is 6.26 Å². The normalized spacial score (nSPS) is 10.5. The van der Waals surface area contributed by atoms with Gasteiger partial charge in [-0.1, -0.05) is 41.9 Å². The van der Waals surface area contributed by atoms with E-state index in [9.17, 15) is 4.79 Å². The monoisotopic (exact) mass is 355 g/mol. The van der Waals surface area contributed by atoms with E-state index < -0.39 is 0 Å². The van der Waals surface area contributed by atoms with E-state index in [4.69, 9.17) is 20.8 Å². The number of halogens is 1.